The van der Waals surface area contributed by atoms with Gasteiger partial charge in [0.15, 0.2) is 0 Å². The molecule has 0 heterocycles. The molecule has 1 aromatic carbocycles. The number of phenolic OH excluding ortho intramolecular Hbond substituents is 1. The van der Waals surface area contributed by atoms with Crippen LogP contribution in [-0.4, -0.2) is 17.4 Å². The second-order valence-corrected chi connectivity index (χ2v) is 7.25. The van der Waals surface area contributed by atoms with Crippen molar-refractivity contribution in [2.45, 2.75) is 34.6 Å². The summed E-state index contributed by atoms with van der Waals surface area (Å²) < 4.78 is 0. The highest BCUT2D eigenvalue weighted by Gasteiger charge is 2.13. The van der Waals surface area contributed by atoms with Gasteiger partial charge in [-0.1, -0.05) is 52.2 Å². The van der Waals surface area contributed by atoms with Gasteiger partial charge in [0, 0.05) is 29.7 Å². The Bertz CT molecular complexity index is 731. The van der Waals surface area contributed by atoms with Crippen LogP contribution in [0.1, 0.15) is 45.7 Å². The number of aliphatic imine (C=N–C) groups is 1. The number of benzene rings is 1. The number of phenols is 1. The lowest BCUT2D eigenvalue weighted by Gasteiger charge is -2.17. The van der Waals surface area contributed by atoms with Crippen LogP contribution in [0.2, 0.25) is 0 Å². The number of rotatable bonds is 7. The van der Waals surface area contributed by atoms with Gasteiger partial charge in [0.05, 0.1) is 0 Å². The van der Waals surface area contributed by atoms with E-state index >= 15 is 0 Å². The Balaban J connectivity index is 2.87. The van der Waals surface area contributed by atoms with E-state index in [4.69, 9.17) is 0 Å². The maximum atomic E-state index is 9.88. The minimum absolute atomic E-state index is 0.0420. The molecule has 0 aromatic heterocycles. The summed E-state index contributed by atoms with van der Waals surface area (Å²) in [7, 11) is 0. The van der Waals surface area contributed by atoms with Crippen molar-refractivity contribution in [3.8, 4) is 5.75 Å². The van der Waals surface area contributed by atoms with E-state index in [1.54, 1.807) is 18.2 Å². The smallest absolute Gasteiger partial charge is 0.116 e. The molecule has 0 bridgehead atoms. The van der Waals surface area contributed by atoms with Gasteiger partial charge in [0.25, 0.3) is 0 Å². The first-order valence-corrected chi connectivity index (χ1v) is 8.34. The highest BCUT2D eigenvalue weighted by molar-refractivity contribution is 5.87. The van der Waals surface area contributed by atoms with Gasteiger partial charge < -0.3 is 10.4 Å². The number of hydrogen-bond acceptors (Lipinski definition) is 3. The molecule has 134 valence electrons. The number of nitrogens with zero attached hydrogens (tertiary/aromatic N) is 1. The predicted molar refractivity (Wildman–Crippen MR) is 111 cm³/mol. The van der Waals surface area contributed by atoms with E-state index < -0.39 is 0 Å². The number of allylic oxidation sites excluding steroid dienone is 1. The average molecular weight is 338 g/mol. The Labute approximate surface area is 152 Å². The molecule has 1 aromatic rings. The zero-order valence-corrected chi connectivity index (χ0v) is 16.1. The number of hydrogen-bond donors (Lipinski definition) is 2. The Morgan fingerprint density at radius 2 is 1.76 bits per heavy atom. The summed E-state index contributed by atoms with van der Waals surface area (Å²) in [4.78, 5) is 4.53. The second-order valence-electron chi connectivity index (χ2n) is 7.25. The molecule has 0 aliphatic heterocycles. The molecule has 0 fully saturated rings. The van der Waals surface area contributed by atoms with Crippen LogP contribution in [0.25, 0.3) is 11.3 Å². The minimum atomic E-state index is 0.0420. The molecule has 0 atom stereocenters. The van der Waals surface area contributed by atoms with Gasteiger partial charge in [-0.15, -0.1) is 0 Å². The molecule has 0 unspecified atom stereocenters. The van der Waals surface area contributed by atoms with E-state index in [0.29, 0.717) is 6.54 Å². The zero-order valence-electron chi connectivity index (χ0n) is 16.1. The quantitative estimate of drug-likeness (QED) is 0.505. The van der Waals surface area contributed by atoms with Crippen molar-refractivity contribution >= 4 is 17.0 Å². The Morgan fingerprint density at radius 1 is 1.16 bits per heavy atom. The maximum absolute atomic E-state index is 9.88. The summed E-state index contributed by atoms with van der Waals surface area (Å²) >= 11 is 0. The Hall–Kier alpha value is -2.55. The monoisotopic (exact) mass is 338 g/mol. The van der Waals surface area contributed by atoms with Gasteiger partial charge in [-0.25, -0.2) is 0 Å². The van der Waals surface area contributed by atoms with Crippen molar-refractivity contribution in [2.24, 2.45) is 10.4 Å². The van der Waals surface area contributed by atoms with Crippen LogP contribution in [0.4, 0.5) is 0 Å². The minimum Gasteiger partial charge on any atom is -0.508 e. The lowest BCUT2D eigenvalue weighted by Crippen LogP contribution is -2.17. The fraction of sp³-hybridized carbons (Fsp3) is 0.318. The van der Waals surface area contributed by atoms with E-state index in [0.717, 1.165) is 33.7 Å². The summed E-state index contributed by atoms with van der Waals surface area (Å²) in [5.74, 6) is 0.198. The second kappa shape index (κ2) is 8.52. The molecule has 0 radical (unpaired) electrons. The topological polar surface area (TPSA) is 44.6 Å². The fourth-order valence-corrected chi connectivity index (χ4v) is 1.89. The van der Waals surface area contributed by atoms with Gasteiger partial charge in [-0.2, -0.15) is 0 Å². The Kier molecular flexibility index (Phi) is 6.98. The normalized spacial score (nSPS) is 12.7. The zero-order chi connectivity index (χ0) is 19.2. The van der Waals surface area contributed by atoms with Crippen LogP contribution < -0.4 is 5.32 Å². The molecule has 3 heteroatoms. The standard InChI is InChI=1S/C22H30N2O/c1-9-18(14-24-17(5)22(6,7)8)13-23-16(4)20-10-19(15(2)3)11-21(25)12-20/h9-12,14,23,25H,1-2,4,13H2,3,5-8H3/b18-14+,24-17?. The lowest BCUT2D eigenvalue weighted by molar-refractivity contribution is 0.475. The summed E-state index contributed by atoms with van der Waals surface area (Å²) in [6.45, 7) is 22.7. The van der Waals surface area contributed by atoms with Crippen molar-refractivity contribution in [3.05, 3.63) is 66.9 Å². The van der Waals surface area contributed by atoms with Crippen LogP contribution in [-0.2, 0) is 0 Å². The number of aromatic hydroxyl groups is 1. The summed E-state index contributed by atoms with van der Waals surface area (Å²) in [6, 6.07) is 5.33. The molecule has 0 amide bonds. The Morgan fingerprint density at radius 3 is 2.28 bits per heavy atom. The molecule has 3 nitrogen and oxygen atoms in total. The highest BCUT2D eigenvalue weighted by Crippen LogP contribution is 2.24. The molecule has 2 N–H and O–H groups in total. The molecule has 0 aliphatic carbocycles. The predicted octanol–water partition coefficient (Wildman–Crippen LogP) is 5.56. The lowest BCUT2D eigenvalue weighted by atomic mass is 9.91. The third kappa shape index (κ3) is 6.46. The summed E-state index contributed by atoms with van der Waals surface area (Å²) in [6.07, 6.45) is 3.61. The van der Waals surface area contributed by atoms with Gasteiger partial charge in [0.2, 0.25) is 0 Å². The van der Waals surface area contributed by atoms with Crippen molar-refractivity contribution in [3.63, 3.8) is 0 Å². The van der Waals surface area contributed by atoms with Gasteiger partial charge in [-0.05, 0) is 48.6 Å². The first kappa shape index (κ1) is 20.5. The van der Waals surface area contributed by atoms with Crippen molar-refractivity contribution in [1.82, 2.24) is 5.32 Å². The van der Waals surface area contributed by atoms with E-state index in [9.17, 15) is 5.11 Å². The molecule has 0 saturated carbocycles. The van der Waals surface area contributed by atoms with E-state index in [1.807, 2.05) is 26.1 Å². The van der Waals surface area contributed by atoms with Gasteiger partial charge in [-0.3, -0.25) is 4.99 Å². The fourth-order valence-electron chi connectivity index (χ4n) is 1.89. The summed E-state index contributed by atoms with van der Waals surface area (Å²) in [5.41, 5.74) is 5.40. The van der Waals surface area contributed by atoms with Crippen LogP contribution >= 0.6 is 0 Å². The molecular weight excluding hydrogens is 308 g/mol. The molecule has 1 rings (SSSR count). The number of nitrogens with one attached hydrogen (secondary N) is 1. The first-order valence-electron chi connectivity index (χ1n) is 8.34. The van der Waals surface area contributed by atoms with Gasteiger partial charge in [0.1, 0.15) is 5.75 Å². The van der Waals surface area contributed by atoms with E-state index in [-0.39, 0.29) is 11.2 Å². The SMILES string of the molecule is C=C/C(=C\N=C(C)C(C)(C)C)CNC(=C)c1cc(O)cc(C(=C)C)c1. The van der Waals surface area contributed by atoms with Gasteiger partial charge >= 0.3 is 0 Å². The van der Waals surface area contributed by atoms with Crippen molar-refractivity contribution < 1.29 is 5.11 Å². The largest absolute Gasteiger partial charge is 0.508 e. The third-order valence-corrected chi connectivity index (χ3v) is 4.04. The van der Waals surface area contributed by atoms with E-state index in [1.165, 1.54) is 0 Å². The molecule has 0 aliphatic rings. The third-order valence-electron chi connectivity index (χ3n) is 4.04. The van der Waals surface area contributed by atoms with Crippen LogP contribution in [0.5, 0.6) is 5.75 Å². The van der Waals surface area contributed by atoms with E-state index in [2.05, 4.69) is 50.8 Å². The molecule has 0 saturated heterocycles. The molecule has 0 spiro atoms. The molecular formula is C22H30N2O. The first-order chi connectivity index (χ1) is 11.5. The van der Waals surface area contributed by atoms with Crippen LogP contribution in [0, 0.1) is 5.41 Å². The maximum Gasteiger partial charge on any atom is 0.116 e. The highest BCUT2D eigenvalue weighted by atomic mass is 16.3. The van der Waals surface area contributed by atoms with Crippen LogP contribution in [0.15, 0.2) is 60.8 Å². The average Bonchev–Trinajstić information content (AvgIpc) is 2.52. The van der Waals surface area contributed by atoms with Crippen LogP contribution in [0.3, 0.4) is 0 Å². The van der Waals surface area contributed by atoms with Crippen molar-refractivity contribution in [2.75, 3.05) is 6.54 Å². The molecule has 25 heavy (non-hydrogen) atoms. The summed E-state index contributed by atoms with van der Waals surface area (Å²) in [5, 5.41) is 13.1. The van der Waals surface area contributed by atoms with Crippen molar-refractivity contribution in [1.29, 1.82) is 0 Å².